The summed E-state index contributed by atoms with van der Waals surface area (Å²) in [7, 11) is 4.45. The summed E-state index contributed by atoms with van der Waals surface area (Å²) in [5.41, 5.74) is 0.193. The van der Waals surface area contributed by atoms with E-state index >= 15 is 0 Å². The molecule has 4 atom stereocenters. The zero-order chi connectivity index (χ0) is 19.3. The van der Waals surface area contributed by atoms with E-state index in [-0.39, 0.29) is 41.7 Å². The average Bonchev–Trinajstić information content (AvgIpc) is 3.20. The SMILES string of the molecule is CCNC(=NCC1(N(C)C)CCCC(C)C1)N1CCOC(C2CCCO2)C1.I. The molecular formula is C21H41IN4O2. The van der Waals surface area contributed by atoms with Crippen LogP contribution < -0.4 is 5.32 Å². The minimum absolute atomic E-state index is 0. The number of hydrogen-bond acceptors (Lipinski definition) is 4. The lowest BCUT2D eigenvalue weighted by atomic mass is 9.75. The molecule has 0 spiro atoms. The van der Waals surface area contributed by atoms with Crippen LogP contribution in [0.5, 0.6) is 0 Å². The highest BCUT2D eigenvalue weighted by atomic mass is 127. The van der Waals surface area contributed by atoms with Gasteiger partial charge in [-0.05, 0) is 52.6 Å². The van der Waals surface area contributed by atoms with Gasteiger partial charge in [-0.3, -0.25) is 4.99 Å². The highest BCUT2D eigenvalue weighted by Crippen LogP contribution is 2.36. The first-order valence-corrected chi connectivity index (χ1v) is 11.0. The Morgan fingerprint density at radius 2 is 1.96 bits per heavy atom. The molecule has 2 heterocycles. The van der Waals surface area contributed by atoms with Crippen molar-refractivity contribution in [2.24, 2.45) is 10.9 Å². The quantitative estimate of drug-likeness (QED) is 0.352. The van der Waals surface area contributed by atoms with Crippen LogP contribution in [0.2, 0.25) is 0 Å². The Bertz CT molecular complexity index is 499. The van der Waals surface area contributed by atoms with Gasteiger partial charge in [0.25, 0.3) is 0 Å². The van der Waals surface area contributed by atoms with E-state index in [0.29, 0.717) is 0 Å². The van der Waals surface area contributed by atoms with Crippen molar-refractivity contribution in [3.63, 3.8) is 0 Å². The van der Waals surface area contributed by atoms with Gasteiger partial charge < -0.3 is 24.6 Å². The average molecular weight is 508 g/mol. The first-order valence-electron chi connectivity index (χ1n) is 11.0. The molecule has 164 valence electrons. The molecule has 3 fully saturated rings. The molecule has 3 aliphatic rings. The highest BCUT2D eigenvalue weighted by Gasteiger charge is 2.37. The molecule has 0 radical (unpaired) electrons. The van der Waals surface area contributed by atoms with Crippen molar-refractivity contribution in [1.82, 2.24) is 15.1 Å². The highest BCUT2D eigenvalue weighted by molar-refractivity contribution is 14.0. The smallest absolute Gasteiger partial charge is 0.194 e. The lowest BCUT2D eigenvalue weighted by Gasteiger charge is -2.44. The summed E-state index contributed by atoms with van der Waals surface area (Å²) >= 11 is 0. The maximum absolute atomic E-state index is 6.03. The third-order valence-electron chi connectivity index (χ3n) is 6.65. The molecule has 0 aromatic carbocycles. The molecule has 3 rings (SSSR count). The minimum Gasteiger partial charge on any atom is -0.375 e. The Labute approximate surface area is 188 Å². The fourth-order valence-corrected chi connectivity index (χ4v) is 4.96. The van der Waals surface area contributed by atoms with Gasteiger partial charge in [0.05, 0.1) is 19.3 Å². The van der Waals surface area contributed by atoms with Gasteiger partial charge in [0.1, 0.15) is 6.10 Å². The molecule has 7 heteroatoms. The number of morpholine rings is 1. The van der Waals surface area contributed by atoms with E-state index in [2.05, 4.69) is 43.1 Å². The van der Waals surface area contributed by atoms with Gasteiger partial charge in [-0.2, -0.15) is 0 Å². The molecule has 2 aliphatic heterocycles. The van der Waals surface area contributed by atoms with Crippen LogP contribution in [0.25, 0.3) is 0 Å². The molecule has 28 heavy (non-hydrogen) atoms. The number of halogens is 1. The second-order valence-corrected chi connectivity index (χ2v) is 8.90. The van der Waals surface area contributed by atoms with E-state index in [9.17, 15) is 0 Å². The number of guanidine groups is 1. The predicted molar refractivity (Wildman–Crippen MR) is 126 cm³/mol. The summed E-state index contributed by atoms with van der Waals surface area (Å²) in [5.74, 6) is 1.83. The molecule has 0 bridgehead atoms. The van der Waals surface area contributed by atoms with Crippen molar-refractivity contribution in [2.75, 3.05) is 53.5 Å². The number of hydrogen-bond donors (Lipinski definition) is 1. The Morgan fingerprint density at radius 3 is 2.61 bits per heavy atom. The minimum atomic E-state index is 0. The standard InChI is InChI=1S/C21H40N4O2.HI/c1-5-22-20(23-16-21(24(3)4)10-6-8-17(2)14-21)25-11-13-27-19(15-25)18-9-7-12-26-18;/h17-19H,5-16H2,1-4H3,(H,22,23);1H. The predicted octanol–water partition coefficient (Wildman–Crippen LogP) is 2.96. The van der Waals surface area contributed by atoms with Gasteiger partial charge in [0, 0.05) is 31.8 Å². The van der Waals surface area contributed by atoms with E-state index in [1.54, 1.807) is 0 Å². The molecule has 4 unspecified atom stereocenters. The number of likely N-dealkylation sites (N-methyl/N-ethyl adjacent to an activating group) is 1. The summed E-state index contributed by atoms with van der Waals surface area (Å²) in [6, 6.07) is 0. The monoisotopic (exact) mass is 508 g/mol. The van der Waals surface area contributed by atoms with Crippen LogP contribution in [-0.4, -0.2) is 87.0 Å². The van der Waals surface area contributed by atoms with E-state index < -0.39 is 0 Å². The van der Waals surface area contributed by atoms with Gasteiger partial charge in [-0.25, -0.2) is 0 Å². The summed E-state index contributed by atoms with van der Waals surface area (Å²) in [5, 5.41) is 3.53. The molecule has 1 aliphatic carbocycles. The summed E-state index contributed by atoms with van der Waals surface area (Å²) in [4.78, 5) is 9.95. The molecule has 0 amide bonds. The Morgan fingerprint density at radius 1 is 1.18 bits per heavy atom. The Balaban J connectivity index is 0.00000280. The topological polar surface area (TPSA) is 49.3 Å². The van der Waals surface area contributed by atoms with Gasteiger partial charge in [-0.15, -0.1) is 24.0 Å². The van der Waals surface area contributed by atoms with Crippen LogP contribution in [0.4, 0.5) is 0 Å². The van der Waals surface area contributed by atoms with Crippen molar-refractivity contribution < 1.29 is 9.47 Å². The first-order chi connectivity index (χ1) is 13.0. The summed E-state index contributed by atoms with van der Waals surface area (Å²) in [6.07, 6.45) is 7.84. The van der Waals surface area contributed by atoms with E-state index in [4.69, 9.17) is 14.5 Å². The van der Waals surface area contributed by atoms with Crippen LogP contribution in [0, 0.1) is 5.92 Å². The van der Waals surface area contributed by atoms with Crippen molar-refractivity contribution in [3.8, 4) is 0 Å². The van der Waals surface area contributed by atoms with Gasteiger partial charge in [0.2, 0.25) is 0 Å². The maximum Gasteiger partial charge on any atom is 0.194 e. The number of rotatable bonds is 5. The van der Waals surface area contributed by atoms with E-state index in [1.165, 1.54) is 25.7 Å². The fraction of sp³-hybridized carbons (Fsp3) is 0.952. The molecule has 1 N–H and O–H groups in total. The maximum atomic E-state index is 6.03. The third kappa shape index (κ3) is 5.95. The molecule has 1 saturated carbocycles. The second-order valence-electron chi connectivity index (χ2n) is 8.90. The van der Waals surface area contributed by atoms with Crippen LogP contribution in [0.15, 0.2) is 4.99 Å². The second kappa shape index (κ2) is 11.3. The lowest BCUT2D eigenvalue weighted by Crippen LogP contribution is -2.54. The van der Waals surface area contributed by atoms with E-state index in [1.807, 2.05) is 0 Å². The first kappa shape index (κ1) is 24.2. The largest absolute Gasteiger partial charge is 0.375 e. The lowest BCUT2D eigenvalue weighted by molar-refractivity contribution is -0.0817. The molecule has 6 nitrogen and oxygen atoms in total. The van der Waals surface area contributed by atoms with Gasteiger partial charge >= 0.3 is 0 Å². The number of nitrogens with one attached hydrogen (secondary N) is 1. The van der Waals surface area contributed by atoms with Crippen LogP contribution in [0.3, 0.4) is 0 Å². The van der Waals surface area contributed by atoms with Crippen LogP contribution in [-0.2, 0) is 9.47 Å². The third-order valence-corrected chi connectivity index (χ3v) is 6.65. The van der Waals surface area contributed by atoms with Crippen LogP contribution >= 0.6 is 24.0 Å². The number of nitrogens with zero attached hydrogens (tertiary/aromatic N) is 3. The van der Waals surface area contributed by atoms with Gasteiger partial charge in [-0.1, -0.05) is 19.8 Å². The number of aliphatic imine (C=N–C) groups is 1. The Kier molecular flexibility index (Phi) is 9.76. The van der Waals surface area contributed by atoms with Crippen molar-refractivity contribution in [3.05, 3.63) is 0 Å². The molecule has 0 aromatic rings. The zero-order valence-corrected chi connectivity index (χ0v) is 20.6. The van der Waals surface area contributed by atoms with Gasteiger partial charge in [0.15, 0.2) is 5.96 Å². The zero-order valence-electron chi connectivity index (χ0n) is 18.3. The van der Waals surface area contributed by atoms with Crippen molar-refractivity contribution in [2.45, 2.75) is 70.1 Å². The van der Waals surface area contributed by atoms with Crippen molar-refractivity contribution >= 4 is 29.9 Å². The molecule has 0 aromatic heterocycles. The molecular weight excluding hydrogens is 467 g/mol. The van der Waals surface area contributed by atoms with Crippen LogP contribution in [0.1, 0.15) is 52.4 Å². The Hall–Kier alpha value is -0.120. The van der Waals surface area contributed by atoms with Crippen molar-refractivity contribution in [1.29, 1.82) is 0 Å². The van der Waals surface area contributed by atoms with E-state index in [0.717, 1.165) is 64.1 Å². The summed E-state index contributed by atoms with van der Waals surface area (Å²) < 4.78 is 11.9. The fourth-order valence-electron chi connectivity index (χ4n) is 4.96. The molecule has 2 saturated heterocycles. The normalized spacial score (nSPS) is 34.4. The summed E-state index contributed by atoms with van der Waals surface area (Å²) in [6.45, 7) is 9.72. The number of ether oxygens (including phenoxy) is 2.